The fraction of sp³-hybridized carbons (Fsp3) is 0.0833. The van der Waals surface area contributed by atoms with Crippen molar-refractivity contribution in [3.05, 3.63) is 112 Å². The molecule has 0 radical (unpaired) electrons. The zero-order chi connectivity index (χ0) is 20.9. The van der Waals surface area contributed by atoms with E-state index in [9.17, 15) is 9.59 Å². The van der Waals surface area contributed by atoms with E-state index in [4.69, 9.17) is 0 Å². The normalized spacial score (nSPS) is 11.1. The van der Waals surface area contributed by atoms with Gasteiger partial charge in [-0.1, -0.05) is 72.8 Å². The highest BCUT2D eigenvalue weighted by molar-refractivity contribution is 6.05. The summed E-state index contributed by atoms with van der Waals surface area (Å²) in [6.07, 6.45) is 1.59. The van der Waals surface area contributed by atoms with E-state index in [-0.39, 0.29) is 17.8 Å². The van der Waals surface area contributed by atoms with Crippen molar-refractivity contribution in [2.75, 3.05) is 0 Å². The Balaban J connectivity index is 1.68. The van der Waals surface area contributed by atoms with Crippen molar-refractivity contribution in [2.45, 2.75) is 13.5 Å². The number of aromatic nitrogens is 2. The molecule has 0 spiro atoms. The number of nitrogens with zero attached hydrogens (tertiary/aromatic N) is 3. The van der Waals surface area contributed by atoms with Gasteiger partial charge in [-0.2, -0.15) is 10.2 Å². The number of nitrogens with one attached hydrogen (secondary N) is 1. The first-order valence-electron chi connectivity index (χ1n) is 9.56. The molecule has 0 saturated carbocycles. The van der Waals surface area contributed by atoms with Crippen LogP contribution in [0, 0.1) is 6.92 Å². The minimum absolute atomic E-state index is 0.156. The number of hydrazone groups is 1. The number of rotatable bonds is 5. The fourth-order valence-corrected chi connectivity index (χ4v) is 3.21. The molecular formula is C24H20N4O2. The van der Waals surface area contributed by atoms with Crippen molar-refractivity contribution < 1.29 is 4.79 Å². The van der Waals surface area contributed by atoms with E-state index in [0.717, 1.165) is 16.7 Å². The van der Waals surface area contributed by atoms with Gasteiger partial charge in [0, 0.05) is 5.39 Å². The topological polar surface area (TPSA) is 76.3 Å². The van der Waals surface area contributed by atoms with Crippen LogP contribution in [0.25, 0.3) is 10.8 Å². The summed E-state index contributed by atoms with van der Waals surface area (Å²) >= 11 is 0. The maximum Gasteiger partial charge on any atom is 0.292 e. The number of hydrogen-bond acceptors (Lipinski definition) is 4. The lowest BCUT2D eigenvalue weighted by atomic mass is 10.1. The largest absolute Gasteiger partial charge is 0.292 e. The molecule has 4 aromatic rings. The summed E-state index contributed by atoms with van der Waals surface area (Å²) in [6, 6.07) is 24.2. The Morgan fingerprint density at radius 2 is 1.63 bits per heavy atom. The monoisotopic (exact) mass is 396 g/mol. The number of aryl methyl sites for hydroxylation is 1. The first-order chi connectivity index (χ1) is 14.6. The predicted octanol–water partition coefficient (Wildman–Crippen LogP) is 3.52. The summed E-state index contributed by atoms with van der Waals surface area (Å²) in [5.41, 5.74) is 5.33. The zero-order valence-corrected chi connectivity index (χ0v) is 16.4. The standard InChI is InChI=1S/C24H20N4O2/c1-17-9-5-6-12-19(17)15-25-26-23(29)22-20-13-7-8-14-21(20)24(30)28(27-22)16-18-10-3-2-4-11-18/h2-15H,16H2,1H3,(H,26,29)/b25-15+. The maximum absolute atomic E-state index is 12.9. The lowest BCUT2D eigenvalue weighted by Crippen LogP contribution is -2.29. The molecule has 6 heteroatoms. The second kappa shape index (κ2) is 8.53. The van der Waals surface area contributed by atoms with E-state index in [0.29, 0.717) is 10.8 Å². The van der Waals surface area contributed by atoms with Crippen molar-refractivity contribution in [3.63, 3.8) is 0 Å². The Morgan fingerprint density at radius 3 is 2.40 bits per heavy atom. The van der Waals surface area contributed by atoms with Crippen molar-refractivity contribution in [3.8, 4) is 0 Å². The first kappa shape index (κ1) is 19.3. The molecule has 4 rings (SSSR count). The van der Waals surface area contributed by atoms with Gasteiger partial charge in [0.05, 0.1) is 18.1 Å². The van der Waals surface area contributed by atoms with Crippen LogP contribution in [0.15, 0.2) is 88.8 Å². The lowest BCUT2D eigenvalue weighted by Gasteiger charge is -2.10. The molecule has 0 saturated heterocycles. The third kappa shape index (κ3) is 4.03. The Hall–Kier alpha value is -4.06. The third-order valence-electron chi connectivity index (χ3n) is 4.82. The highest BCUT2D eigenvalue weighted by atomic mass is 16.2. The molecule has 148 valence electrons. The summed E-state index contributed by atoms with van der Waals surface area (Å²) in [5, 5.41) is 9.36. The molecule has 1 N–H and O–H groups in total. The average molecular weight is 396 g/mol. The first-order valence-corrected chi connectivity index (χ1v) is 9.56. The van der Waals surface area contributed by atoms with E-state index in [1.54, 1.807) is 30.5 Å². The number of amides is 1. The molecule has 1 heterocycles. The summed E-state index contributed by atoms with van der Waals surface area (Å²) in [5.74, 6) is -0.474. The van der Waals surface area contributed by atoms with Crippen LogP contribution in [0.3, 0.4) is 0 Å². The van der Waals surface area contributed by atoms with E-state index in [1.807, 2.05) is 61.5 Å². The number of carbonyl (C=O) groups excluding carboxylic acids is 1. The summed E-state index contributed by atoms with van der Waals surface area (Å²) in [4.78, 5) is 25.7. The van der Waals surface area contributed by atoms with Gasteiger partial charge in [0.2, 0.25) is 0 Å². The molecule has 0 bridgehead atoms. The van der Waals surface area contributed by atoms with Crippen LogP contribution in [0.5, 0.6) is 0 Å². The molecule has 0 fully saturated rings. The number of fused-ring (bicyclic) bond motifs is 1. The van der Waals surface area contributed by atoms with Gasteiger partial charge < -0.3 is 0 Å². The molecule has 6 nitrogen and oxygen atoms in total. The molecule has 0 atom stereocenters. The highest BCUT2D eigenvalue weighted by Gasteiger charge is 2.16. The van der Waals surface area contributed by atoms with E-state index in [2.05, 4.69) is 15.6 Å². The van der Waals surface area contributed by atoms with Gasteiger partial charge in [-0.15, -0.1) is 0 Å². The molecule has 0 unspecified atom stereocenters. The second-order valence-electron chi connectivity index (χ2n) is 6.90. The smallest absolute Gasteiger partial charge is 0.267 e. The molecule has 3 aromatic carbocycles. The average Bonchev–Trinajstić information content (AvgIpc) is 2.77. The quantitative estimate of drug-likeness (QED) is 0.414. The van der Waals surface area contributed by atoms with Crippen LogP contribution in [0.1, 0.15) is 27.2 Å². The lowest BCUT2D eigenvalue weighted by molar-refractivity contribution is 0.0949. The summed E-state index contributed by atoms with van der Waals surface area (Å²) in [6.45, 7) is 2.25. The molecule has 30 heavy (non-hydrogen) atoms. The van der Waals surface area contributed by atoms with Crippen molar-refractivity contribution in [1.82, 2.24) is 15.2 Å². The molecule has 0 aliphatic heterocycles. The fourth-order valence-electron chi connectivity index (χ4n) is 3.21. The summed E-state index contributed by atoms with van der Waals surface area (Å²) in [7, 11) is 0. The number of benzene rings is 3. The highest BCUT2D eigenvalue weighted by Crippen LogP contribution is 2.14. The Morgan fingerprint density at radius 1 is 0.967 bits per heavy atom. The molecule has 0 aliphatic rings. The van der Waals surface area contributed by atoms with Crippen LogP contribution in [-0.4, -0.2) is 21.9 Å². The van der Waals surface area contributed by atoms with Crippen molar-refractivity contribution in [2.24, 2.45) is 5.10 Å². The van der Waals surface area contributed by atoms with E-state index >= 15 is 0 Å². The van der Waals surface area contributed by atoms with Crippen LogP contribution >= 0.6 is 0 Å². The maximum atomic E-state index is 12.9. The second-order valence-corrected chi connectivity index (χ2v) is 6.90. The number of hydrogen-bond donors (Lipinski definition) is 1. The van der Waals surface area contributed by atoms with Crippen LogP contribution in [0.2, 0.25) is 0 Å². The van der Waals surface area contributed by atoms with Crippen LogP contribution in [-0.2, 0) is 6.54 Å². The van der Waals surface area contributed by atoms with Crippen molar-refractivity contribution in [1.29, 1.82) is 0 Å². The Bertz CT molecular complexity index is 1290. The molecule has 1 amide bonds. The molecule has 1 aromatic heterocycles. The minimum Gasteiger partial charge on any atom is -0.267 e. The van der Waals surface area contributed by atoms with Crippen LogP contribution in [0.4, 0.5) is 0 Å². The minimum atomic E-state index is -0.474. The number of carbonyl (C=O) groups is 1. The molecule has 0 aliphatic carbocycles. The van der Waals surface area contributed by atoms with Gasteiger partial charge in [0.15, 0.2) is 5.69 Å². The van der Waals surface area contributed by atoms with Gasteiger partial charge in [-0.05, 0) is 29.7 Å². The SMILES string of the molecule is Cc1ccccc1/C=N/NC(=O)c1nn(Cc2ccccc2)c(=O)c2ccccc12. The van der Waals surface area contributed by atoms with Gasteiger partial charge in [0.25, 0.3) is 11.5 Å². The van der Waals surface area contributed by atoms with E-state index in [1.165, 1.54) is 4.68 Å². The Labute approximate surface area is 173 Å². The van der Waals surface area contributed by atoms with Gasteiger partial charge >= 0.3 is 0 Å². The zero-order valence-electron chi connectivity index (χ0n) is 16.4. The van der Waals surface area contributed by atoms with Gasteiger partial charge in [-0.3, -0.25) is 9.59 Å². The predicted molar refractivity (Wildman–Crippen MR) is 118 cm³/mol. The Kier molecular flexibility index (Phi) is 5.48. The van der Waals surface area contributed by atoms with Gasteiger partial charge in [-0.25, -0.2) is 10.1 Å². The van der Waals surface area contributed by atoms with Gasteiger partial charge in [0.1, 0.15) is 0 Å². The third-order valence-corrected chi connectivity index (χ3v) is 4.82. The van der Waals surface area contributed by atoms with Crippen LogP contribution < -0.4 is 11.0 Å². The van der Waals surface area contributed by atoms with Crippen molar-refractivity contribution >= 4 is 22.9 Å². The summed E-state index contributed by atoms with van der Waals surface area (Å²) < 4.78 is 1.32. The van der Waals surface area contributed by atoms with E-state index < -0.39 is 5.91 Å². The molecular weight excluding hydrogens is 376 g/mol.